The van der Waals surface area contributed by atoms with Crippen LogP contribution in [0.2, 0.25) is 0 Å². The normalized spacial score (nSPS) is 18.6. The molecular weight excluding hydrogens is 518 g/mol. The molecule has 0 aliphatic heterocycles. The van der Waals surface area contributed by atoms with E-state index in [0.717, 1.165) is 43.0 Å². The van der Waals surface area contributed by atoms with Gasteiger partial charge in [0.05, 0.1) is 0 Å². The molecule has 2 aromatic rings. The number of hydrogen-bond donors (Lipinski definition) is 1. The Morgan fingerprint density at radius 2 is 1.81 bits per heavy atom. The highest BCUT2D eigenvalue weighted by Crippen LogP contribution is 2.38. The molecule has 2 atom stereocenters. The number of alkyl halides is 7. The molecular formula is C22H21ClF6N4O3. The fourth-order valence-corrected chi connectivity index (χ4v) is 4.04. The van der Waals surface area contributed by atoms with Gasteiger partial charge >= 0.3 is 6.36 Å². The number of halogens is 7. The molecule has 1 heterocycles. The zero-order valence-corrected chi connectivity index (χ0v) is 19.5. The highest BCUT2D eigenvalue weighted by Gasteiger charge is 2.48. The van der Waals surface area contributed by atoms with Gasteiger partial charge in [0.25, 0.3) is 17.4 Å². The summed E-state index contributed by atoms with van der Waals surface area (Å²) in [4.78, 5) is 34.8. The molecule has 1 fully saturated rings. The summed E-state index contributed by atoms with van der Waals surface area (Å²) in [6.07, 6.45) is -2.73. The van der Waals surface area contributed by atoms with Gasteiger partial charge in [-0.1, -0.05) is 17.7 Å². The van der Waals surface area contributed by atoms with Crippen LogP contribution in [0.1, 0.15) is 38.2 Å². The maximum absolute atomic E-state index is 14.2. The van der Waals surface area contributed by atoms with Crippen LogP contribution in [0.4, 0.5) is 32.0 Å². The predicted molar refractivity (Wildman–Crippen MR) is 116 cm³/mol. The van der Waals surface area contributed by atoms with E-state index in [0.29, 0.717) is 4.90 Å². The minimum Gasteiger partial charge on any atom is -0.406 e. The number of aromatic nitrogens is 2. The third-order valence-corrected chi connectivity index (χ3v) is 5.97. The summed E-state index contributed by atoms with van der Waals surface area (Å²) in [6, 6.07) is 3.27. The number of nitrogens with one attached hydrogen (secondary N) is 1. The van der Waals surface area contributed by atoms with Crippen LogP contribution in [0.3, 0.4) is 0 Å². The maximum atomic E-state index is 14.2. The first-order valence-corrected chi connectivity index (χ1v) is 11.1. The van der Waals surface area contributed by atoms with Crippen molar-refractivity contribution in [2.45, 2.75) is 62.1 Å². The Morgan fingerprint density at radius 1 is 1.19 bits per heavy atom. The van der Waals surface area contributed by atoms with Gasteiger partial charge in [0.15, 0.2) is 5.54 Å². The number of hydrogen-bond acceptors (Lipinski definition) is 5. The number of carbonyl (C=O) groups excluding carboxylic acids is 2. The van der Waals surface area contributed by atoms with Gasteiger partial charge in [-0.25, -0.2) is 23.1 Å². The quantitative estimate of drug-likeness (QED) is 0.402. The Balaban J connectivity index is 2.09. The van der Waals surface area contributed by atoms with Crippen LogP contribution < -0.4 is 15.0 Å². The number of anilines is 1. The molecule has 0 spiro atoms. The topological polar surface area (TPSA) is 84.4 Å². The lowest BCUT2D eigenvalue weighted by Gasteiger charge is -2.41. The third kappa shape index (κ3) is 6.37. The summed E-state index contributed by atoms with van der Waals surface area (Å²) in [7, 11) is 0. The number of ether oxygens (including phenoxy) is 1. The first kappa shape index (κ1) is 27.5. The van der Waals surface area contributed by atoms with E-state index in [1.165, 1.54) is 6.92 Å². The molecule has 1 N–H and O–H groups in total. The van der Waals surface area contributed by atoms with Gasteiger partial charge in [-0.2, -0.15) is 0 Å². The van der Waals surface area contributed by atoms with Crippen LogP contribution in [0, 0.1) is 0 Å². The summed E-state index contributed by atoms with van der Waals surface area (Å²) in [6.45, 7) is 1.19. The molecule has 0 bridgehead atoms. The number of carbonyl (C=O) groups is 2. The minimum atomic E-state index is -5.07. The summed E-state index contributed by atoms with van der Waals surface area (Å²) in [5, 5.41) is 2.59. The summed E-state index contributed by atoms with van der Waals surface area (Å²) >= 11 is 5.43. The smallest absolute Gasteiger partial charge is 0.406 e. The van der Waals surface area contributed by atoms with E-state index in [-0.39, 0.29) is 24.1 Å². The molecule has 1 aromatic heterocycles. The second kappa shape index (κ2) is 10.5. The minimum absolute atomic E-state index is 0.0450. The Labute approximate surface area is 206 Å². The first-order valence-electron chi connectivity index (χ1n) is 10.7. The molecule has 7 nitrogen and oxygen atoms in total. The number of rotatable bonds is 7. The average molecular weight is 539 g/mol. The van der Waals surface area contributed by atoms with Crippen molar-refractivity contribution in [3.8, 4) is 5.75 Å². The van der Waals surface area contributed by atoms with Gasteiger partial charge in [0, 0.05) is 48.6 Å². The molecule has 196 valence electrons. The van der Waals surface area contributed by atoms with Gasteiger partial charge in [0.2, 0.25) is 5.92 Å². The second-order valence-corrected chi connectivity index (χ2v) is 8.71. The van der Waals surface area contributed by atoms with Crippen molar-refractivity contribution in [2.24, 2.45) is 0 Å². The van der Waals surface area contributed by atoms with E-state index in [1.54, 1.807) is 0 Å². The zero-order chi connectivity index (χ0) is 26.7. The Kier molecular flexibility index (Phi) is 8.01. The molecule has 3 rings (SSSR count). The molecule has 14 heteroatoms. The lowest BCUT2D eigenvalue weighted by Crippen LogP contribution is -2.60. The highest BCUT2D eigenvalue weighted by atomic mass is 35.5. The van der Waals surface area contributed by atoms with Crippen molar-refractivity contribution in [3.63, 3.8) is 0 Å². The summed E-state index contributed by atoms with van der Waals surface area (Å²) in [5.41, 5.74) is -5.26. The molecule has 0 saturated heterocycles. The Hall–Kier alpha value is -3.09. The lowest BCUT2D eigenvalue weighted by atomic mass is 9.87. The SMILES string of the molecule is C[C@@](C(=O)NC1CCC(F)(F)CC1)(c1cncnc1)N(C(=O)[C@H](F)Cl)c1cccc(OC(F)(F)F)c1. The van der Waals surface area contributed by atoms with E-state index < -0.39 is 59.9 Å². The van der Waals surface area contributed by atoms with Crippen LogP contribution in [-0.2, 0) is 15.1 Å². The van der Waals surface area contributed by atoms with Crippen molar-refractivity contribution < 1.29 is 40.7 Å². The van der Waals surface area contributed by atoms with E-state index in [4.69, 9.17) is 11.6 Å². The van der Waals surface area contributed by atoms with Crippen molar-refractivity contribution >= 4 is 29.1 Å². The van der Waals surface area contributed by atoms with Gasteiger partial charge in [-0.3, -0.25) is 14.5 Å². The van der Waals surface area contributed by atoms with E-state index in [9.17, 15) is 35.9 Å². The van der Waals surface area contributed by atoms with Gasteiger partial charge in [-0.05, 0) is 31.9 Å². The number of benzene rings is 1. The summed E-state index contributed by atoms with van der Waals surface area (Å²) in [5.74, 6) is -6.03. The molecule has 1 aliphatic rings. The Morgan fingerprint density at radius 3 is 2.36 bits per heavy atom. The van der Waals surface area contributed by atoms with Crippen LogP contribution in [-0.4, -0.2) is 45.7 Å². The number of nitrogens with zero attached hydrogens (tertiary/aromatic N) is 3. The molecule has 1 saturated carbocycles. The second-order valence-electron chi connectivity index (χ2n) is 8.32. The lowest BCUT2D eigenvalue weighted by molar-refractivity contribution is -0.274. The van der Waals surface area contributed by atoms with Crippen molar-refractivity contribution in [1.82, 2.24) is 15.3 Å². The predicted octanol–water partition coefficient (Wildman–Crippen LogP) is 4.85. The van der Waals surface area contributed by atoms with E-state index in [1.807, 2.05) is 0 Å². The average Bonchev–Trinajstić information content (AvgIpc) is 2.80. The molecule has 1 aromatic carbocycles. The molecule has 36 heavy (non-hydrogen) atoms. The van der Waals surface area contributed by atoms with Gasteiger partial charge in [0.1, 0.15) is 12.1 Å². The summed E-state index contributed by atoms with van der Waals surface area (Å²) < 4.78 is 83.6. The van der Waals surface area contributed by atoms with E-state index >= 15 is 0 Å². The van der Waals surface area contributed by atoms with Crippen molar-refractivity contribution in [3.05, 3.63) is 48.5 Å². The van der Waals surface area contributed by atoms with Crippen LogP contribution >= 0.6 is 11.6 Å². The standard InChI is InChI=1S/C22H21ClF6N4O3/c1-20(13-10-30-12-31-11-13,19(35)32-14-5-7-21(25,26)8-6-14)33(18(34)17(23)24)15-3-2-4-16(9-15)36-22(27,28)29/h2-4,9-12,14,17H,5-8H2,1H3,(H,32,35)/t17-,20-/m0/s1. The maximum Gasteiger partial charge on any atom is 0.573 e. The largest absolute Gasteiger partial charge is 0.573 e. The molecule has 1 aliphatic carbocycles. The Bertz CT molecular complexity index is 1080. The van der Waals surface area contributed by atoms with Crippen LogP contribution in [0.25, 0.3) is 0 Å². The fourth-order valence-electron chi connectivity index (χ4n) is 3.95. The first-order chi connectivity index (χ1) is 16.7. The monoisotopic (exact) mass is 538 g/mol. The zero-order valence-electron chi connectivity index (χ0n) is 18.7. The van der Waals surface area contributed by atoms with Gasteiger partial charge < -0.3 is 10.1 Å². The fraction of sp³-hybridized carbons (Fsp3) is 0.455. The van der Waals surface area contributed by atoms with E-state index in [2.05, 4.69) is 20.0 Å². The molecule has 2 amide bonds. The van der Waals surface area contributed by atoms with Crippen molar-refractivity contribution in [2.75, 3.05) is 4.90 Å². The molecule has 0 radical (unpaired) electrons. The van der Waals surface area contributed by atoms with Gasteiger partial charge in [-0.15, -0.1) is 13.2 Å². The highest BCUT2D eigenvalue weighted by molar-refractivity contribution is 6.32. The van der Waals surface area contributed by atoms with Crippen LogP contribution in [0.5, 0.6) is 5.75 Å². The molecule has 0 unspecified atom stereocenters. The third-order valence-electron chi connectivity index (χ3n) is 5.78. The van der Waals surface area contributed by atoms with Crippen LogP contribution in [0.15, 0.2) is 43.0 Å². The van der Waals surface area contributed by atoms with Crippen molar-refractivity contribution in [1.29, 1.82) is 0 Å². The number of amides is 2.